The van der Waals surface area contributed by atoms with Gasteiger partial charge in [0.15, 0.2) is 5.82 Å². The molecule has 6 rings (SSSR count). The molecular weight excluding hydrogens is 502 g/mol. The van der Waals surface area contributed by atoms with Crippen LogP contribution < -0.4 is 5.73 Å². The molecule has 1 aliphatic heterocycles. The van der Waals surface area contributed by atoms with Crippen molar-refractivity contribution in [2.45, 2.75) is 70.8 Å². The summed E-state index contributed by atoms with van der Waals surface area (Å²) < 4.78 is 11.6. The van der Waals surface area contributed by atoms with Crippen molar-refractivity contribution in [2.24, 2.45) is 16.6 Å². The van der Waals surface area contributed by atoms with Crippen LogP contribution in [0.4, 0.5) is 5.82 Å². The number of piperidine rings is 1. The highest BCUT2D eigenvalue weighted by molar-refractivity contribution is 7.84. The summed E-state index contributed by atoms with van der Waals surface area (Å²) in [6.07, 6.45) is 11.0. The number of pyridine rings is 1. The van der Waals surface area contributed by atoms with Gasteiger partial charge in [0.25, 0.3) is 0 Å². The van der Waals surface area contributed by atoms with Gasteiger partial charge < -0.3 is 16.2 Å². The molecule has 3 unspecified atom stereocenters. The monoisotopic (exact) mass is 541 g/mol. The standard InChI is InChI=1S/C28H37N5OS2.H2O/c1-15(2)23-24-16(3)26(21-11-18-10-17(21)13-33(18)8-9-36(4)34)35-28(24)32-25(23)22-12-30-27(31-14-29)20-7-5-6-19(20)22;/h12,14-15,17-18,21,32H,5-11,13H2,1-4H3,(H2,29,30,31);1H2/t17?,18?,21-,36?;/m1./s1. The summed E-state index contributed by atoms with van der Waals surface area (Å²) in [4.78, 5) is 18.4. The average molecular weight is 542 g/mol. The van der Waals surface area contributed by atoms with Crippen molar-refractivity contribution in [3.63, 3.8) is 0 Å². The number of fused-ring (bicyclic) bond motifs is 4. The number of hydrogen-bond donors (Lipinski definition) is 2. The molecule has 0 radical (unpaired) electrons. The number of H-pyrrole nitrogens is 1. The van der Waals surface area contributed by atoms with E-state index in [1.807, 2.05) is 23.8 Å². The zero-order chi connectivity index (χ0) is 25.1. The van der Waals surface area contributed by atoms with Crippen molar-refractivity contribution >= 4 is 44.5 Å². The number of thiophene rings is 1. The lowest BCUT2D eigenvalue weighted by atomic mass is 9.88. The van der Waals surface area contributed by atoms with Crippen LogP contribution in [0, 0.1) is 12.8 Å². The first-order valence-electron chi connectivity index (χ1n) is 13.3. The third kappa shape index (κ3) is 4.37. The Kier molecular flexibility index (Phi) is 7.35. The lowest BCUT2D eigenvalue weighted by Crippen LogP contribution is -2.37. The molecule has 3 aromatic rings. The van der Waals surface area contributed by atoms with Crippen LogP contribution in [0.3, 0.4) is 0 Å². The Bertz CT molecular complexity index is 1370. The highest BCUT2D eigenvalue weighted by atomic mass is 32.2. The summed E-state index contributed by atoms with van der Waals surface area (Å²) in [7, 11) is -0.706. The second-order valence-corrected chi connectivity index (χ2v) is 13.8. The smallest absolute Gasteiger partial charge is 0.156 e. The fraction of sp³-hybridized carbons (Fsp3) is 0.571. The number of nitrogens with one attached hydrogen (secondary N) is 1. The van der Waals surface area contributed by atoms with Crippen molar-refractivity contribution in [3.8, 4) is 11.3 Å². The molecule has 0 spiro atoms. The minimum atomic E-state index is -0.706. The van der Waals surface area contributed by atoms with E-state index in [4.69, 9.17) is 10.7 Å². The molecular formula is C28H39N5O2S2. The van der Waals surface area contributed by atoms with E-state index >= 15 is 0 Å². The van der Waals surface area contributed by atoms with Gasteiger partial charge in [0.1, 0.15) is 4.83 Å². The summed E-state index contributed by atoms with van der Waals surface area (Å²) in [6, 6.07) is 0.659. The Hall–Kier alpha value is -2.07. The molecule has 2 fully saturated rings. The number of aryl methyl sites for hydroxylation is 1. The van der Waals surface area contributed by atoms with Gasteiger partial charge in [-0.1, -0.05) is 13.8 Å². The van der Waals surface area contributed by atoms with Crippen molar-refractivity contribution in [3.05, 3.63) is 33.3 Å². The molecule has 200 valence electrons. The highest BCUT2D eigenvalue weighted by Gasteiger charge is 2.46. The minimum absolute atomic E-state index is 0. The zero-order valence-corrected chi connectivity index (χ0v) is 23.9. The number of nitrogens with zero attached hydrogens (tertiary/aromatic N) is 3. The number of nitrogens with two attached hydrogens (primary N) is 1. The van der Waals surface area contributed by atoms with Crippen LogP contribution in [0.2, 0.25) is 0 Å². The van der Waals surface area contributed by atoms with Crippen LogP contribution in [0.1, 0.15) is 72.1 Å². The number of likely N-dealkylation sites (tertiary alicyclic amines) is 1. The van der Waals surface area contributed by atoms with Gasteiger partial charge in [-0.2, -0.15) is 0 Å². The molecule has 1 saturated heterocycles. The normalized spacial score (nSPS) is 24.0. The van der Waals surface area contributed by atoms with Crippen molar-refractivity contribution in [2.75, 3.05) is 25.1 Å². The largest absolute Gasteiger partial charge is 0.412 e. The molecule has 9 heteroatoms. The molecule has 5 N–H and O–H groups in total. The highest BCUT2D eigenvalue weighted by Crippen LogP contribution is 2.53. The first-order valence-corrected chi connectivity index (χ1v) is 15.9. The van der Waals surface area contributed by atoms with Crippen LogP contribution in [-0.2, 0) is 23.6 Å². The van der Waals surface area contributed by atoms with E-state index in [-0.39, 0.29) is 5.48 Å². The predicted octanol–water partition coefficient (Wildman–Crippen LogP) is 4.56. The van der Waals surface area contributed by atoms with Crippen LogP contribution in [0.25, 0.3) is 21.5 Å². The second kappa shape index (κ2) is 10.2. The Morgan fingerprint density at radius 3 is 2.78 bits per heavy atom. The van der Waals surface area contributed by atoms with E-state index in [9.17, 15) is 4.21 Å². The maximum absolute atomic E-state index is 11.6. The van der Waals surface area contributed by atoms with E-state index < -0.39 is 10.8 Å². The number of aromatic amines is 1. The van der Waals surface area contributed by atoms with Gasteiger partial charge in [0.05, 0.1) is 12.0 Å². The number of hydrogen-bond acceptors (Lipinski definition) is 5. The summed E-state index contributed by atoms with van der Waals surface area (Å²) in [5.41, 5.74) is 13.7. The van der Waals surface area contributed by atoms with Crippen molar-refractivity contribution in [1.82, 2.24) is 14.9 Å². The predicted molar refractivity (Wildman–Crippen MR) is 156 cm³/mol. The van der Waals surface area contributed by atoms with Gasteiger partial charge in [-0.25, -0.2) is 9.98 Å². The Labute approximate surface area is 225 Å². The lowest BCUT2D eigenvalue weighted by Gasteiger charge is -2.31. The summed E-state index contributed by atoms with van der Waals surface area (Å²) in [5, 5.41) is 1.44. The number of aliphatic imine (C=N–C) groups is 1. The van der Waals surface area contributed by atoms with Gasteiger partial charge in [-0.3, -0.25) is 9.11 Å². The third-order valence-electron chi connectivity index (χ3n) is 8.79. The van der Waals surface area contributed by atoms with Crippen LogP contribution in [-0.4, -0.2) is 62.0 Å². The molecule has 37 heavy (non-hydrogen) atoms. The molecule has 3 aromatic heterocycles. The molecule has 2 aliphatic carbocycles. The maximum atomic E-state index is 11.6. The van der Waals surface area contributed by atoms with Crippen molar-refractivity contribution < 1.29 is 9.69 Å². The molecule has 0 aromatic carbocycles. The maximum Gasteiger partial charge on any atom is 0.156 e. The SMILES string of the molecule is Cc1c([C@@H]2CC3CC2CN3CCS(C)=O)sc2[nH]c(-c3cnc(N=CN)c4c3CCC4)c(C(C)C)c12.O. The molecule has 2 bridgehead atoms. The molecule has 4 heterocycles. The minimum Gasteiger partial charge on any atom is -0.412 e. The number of aromatic nitrogens is 2. The van der Waals surface area contributed by atoms with Gasteiger partial charge in [0, 0.05) is 69.5 Å². The number of rotatable bonds is 7. The van der Waals surface area contributed by atoms with E-state index in [0.29, 0.717) is 17.9 Å². The van der Waals surface area contributed by atoms with Crippen molar-refractivity contribution in [1.29, 1.82) is 0 Å². The Balaban J connectivity index is 0.00000280. The lowest BCUT2D eigenvalue weighted by molar-refractivity contribution is 0.212. The van der Waals surface area contributed by atoms with E-state index in [1.165, 1.54) is 62.9 Å². The molecule has 1 saturated carbocycles. The van der Waals surface area contributed by atoms with E-state index in [2.05, 4.69) is 35.6 Å². The third-order valence-corrected chi connectivity index (χ3v) is 10.9. The van der Waals surface area contributed by atoms with E-state index in [1.54, 1.807) is 4.88 Å². The quantitative estimate of drug-likeness (QED) is 0.337. The van der Waals surface area contributed by atoms with Crippen LogP contribution in [0.15, 0.2) is 11.2 Å². The Morgan fingerprint density at radius 2 is 2.11 bits per heavy atom. The molecule has 4 atom stereocenters. The Morgan fingerprint density at radius 1 is 1.32 bits per heavy atom. The van der Waals surface area contributed by atoms with E-state index in [0.717, 1.165) is 49.8 Å². The van der Waals surface area contributed by atoms with Gasteiger partial charge in [-0.15, -0.1) is 11.3 Å². The topological polar surface area (TPSA) is 119 Å². The molecule has 7 nitrogen and oxygen atoms in total. The van der Waals surface area contributed by atoms with Gasteiger partial charge in [0.2, 0.25) is 0 Å². The van der Waals surface area contributed by atoms with Crippen LogP contribution >= 0.6 is 11.3 Å². The fourth-order valence-electron chi connectivity index (χ4n) is 7.25. The van der Waals surface area contributed by atoms with Gasteiger partial charge >= 0.3 is 0 Å². The summed E-state index contributed by atoms with van der Waals surface area (Å²) in [5.74, 6) is 3.38. The summed E-state index contributed by atoms with van der Waals surface area (Å²) in [6.45, 7) is 9.13. The van der Waals surface area contributed by atoms with Gasteiger partial charge in [-0.05, 0) is 73.5 Å². The summed E-state index contributed by atoms with van der Waals surface area (Å²) >= 11 is 1.99. The molecule has 3 aliphatic rings. The first-order chi connectivity index (χ1) is 17.4. The van der Waals surface area contributed by atoms with Crippen LogP contribution in [0.5, 0.6) is 0 Å². The average Bonchev–Trinajstić information content (AvgIpc) is 3.64. The molecule has 0 amide bonds. The fourth-order valence-corrected chi connectivity index (χ4v) is 9.17. The second-order valence-electron chi connectivity index (χ2n) is 11.2. The zero-order valence-electron chi connectivity index (χ0n) is 22.3. The first kappa shape index (κ1) is 26.5.